The van der Waals surface area contributed by atoms with E-state index in [4.69, 9.17) is 5.11 Å². The van der Waals surface area contributed by atoms with Gasteiger partial charge in [0.25, 0.3) is 0 Å². The topological polar surface area (TPSA) is 49.3 Å². The average molecular weight is 211 g/mol. The molecule has 1 rings (SSSR count). The number of benzene rings is 1. The third-order valence-electron chi connectivity index (χ3n) is 1.66. The molecule has 2 N–H and O–H groups in total. The van der Waals surface area contributed by atoms with Crippen LogP contribution in [0.25, 0.3) is 0 Å². The second kappa shape index (κ2) is 5.54. The number of nitrogens with one attached hydrogen (secondary N) is 1. The lowest BCUT2D eigenvalue weighted by molar-refractivity contribution is -0.115. The summed E-state index contributed by atoms with van der Waals surface area (Å²) in [6.45, 7) is 0. The lowest BCUT2D eigenvalue weighted by Crippen LogP contribution is -2.11. The molecule has 0 bridgehead atoms. The van der Waals surface area contributed by atoms with Gasteiger partial charge in [-0.15, -0.1) is 0 Å². The molecule has 1 aromatic rings. The Balaban J connectivity index is 2.47. The largest absolute Gasteiger partial charge is 0.508 e. The van der Waals surface area contributed by atoms with Gasteiger partial charge in [-0.25, -0.2) is 0 Å². The molecule has 0 fully saturated rings. The lowest BCUT2D eigenvalue weighted by atomic mass is 10.3. The van der Waals surface area contributed by atoms with Crippen LogP contribution in [0.15, 0.2) is 24.3 Å². The number of phenolic OH excluding ortho intramolecular Hbond substituents is 1. The van der Waals surface area contributed by atoms with Crippen LogP contribution in [0.1, 0.15) is 6.42 Å². The van der Waals surface area contributed by atoms with Gasteiger partial charge in [0.2, 0.25) is 5.91 Å². The fraction of sp³-hybridized carbons (Fsp3) is 0.300. The zero-order chi connectivity index (χ0) is 10.4. The fourth-order valence-corrected chi connectivity index (χ4v) is 1.39. The van der Waals surface area contributed by atoms with Crippen molar-refractivity contribution in [3.63, 3.8) is 0 Å². The van der Waals surface area contributed by atoms with E-state index in [1.165, 1.54) is 6.07 Å². The Kier molecular flexibility index (Phi) is 4.32. The van der Waals surface area contributed by atoms with Crippen molar-refractivity contribution in [2.45, 2.75) is 6.42 Å². The molecule has 0 saturated carbocycles. The summed E-state index contributed by atoms with van der Waals surface area (Å²) in [6.07, 6.45) is 2.46. The quantitative estimate of drug-likeness (QED) is 0.801. The Hall–Kier alpha value is -1.16. The highest BCUT2D eigenvalue weighted by molar-refractivity contribution is 7.98. The van der Waals surface area contributed by atoms with Gasteiger partial charge in [0.15, 0.2) is 0 Å². The molecule has 4 heteroatoms. The summed E-state index contributed by atoms with van der Waals surface area (Å²) >= 11 is 1.63. The Morgan fingerprint density at radius 1 is 1.57 bits per heavy atom. The van der Waals surface area contributed by atoms with E-state index in [1.54, 1.807) is 30.0 Å². The van der Waals surface area contributed by atoms with E-state index in [9.17, 15) is 4.79 Å². The molecule has 1 amide bonds. The summed E-state index contributed by atoms with van der Waals surface area (Å²) < 4.78 is 0. The number of hydrogen-bond acceptors (Lipinski definition) is 3. The fourth-order valence-electron chi connectivity index (χ4n) is 1.00. The number of hydrogen-bond donors (Lipinski definition) is 2. The Labute approximate surface area is 87.5 Å². The second-order valence-corrected chi connectivity index (χ2v) is 3.83. The third kappa shape index (κ3) is 3.70. The Morgan fingerprint density at radius 3 is 3.00 bits per heavy atom. The number of anilines is 1. The number of rotatable bonds is 4. The maximum atomic E-state index is 11.3. The van der Waals surface area contributed by atoms with Crippen LogP contribution in [0.3, 0.4) is 0 Å². The van der Waals surface area contributed by atoms with E-state index in [2.05, 4.69) is 5.32 Å². The third-order valence-corrected chi connectivity index (χ3v) is 2.28. The summed E-state index contributed by atoms with van der Waals surface area (Å²) in [4.78, 5) is 11.3. The van der Waals surface area contributed by atoms with Gasteiger partial charge in [-0.3, -0.25) is 4.79 Å². The molecular formula is C10H13NO2S. The van der Waals surface area contributed by atoms with Crippen LogP contribution >= 0.6 is 11.8 Å². The van der Waals surface area contributed by atoms with Crippen LogP contribution in [0.2, 0.25) is 0 Å². The van der Waals surface area contributed by atoms with Gasteiger partial charge < -0.3 is 10.4 Å². The van der Waals surface area contributed by atoms with Gasteiger partial charge in [0, 0.05) is 23.9 Å². The zero-order valence-corrected chi connectivity index (χ0v) is 8.80. The van der Waals surface area contributed by atoms with E-state index >= 15 is 0 Å². The molecule has 3 nitrogen and oxygen atoms in total. The number of amides is 1. The summed E-state index contributed by atoms with van der Waals surface area (Å²) in [5.41, 5.74) is 0.635. The lowest BCUT2D eigenvalue weighted by Gasteiger charge is -2.04. The van der Waals surface area contributed by atoms with E-state index < -0.39 is 0 Å². The number of aromatic hydroxyl groups is 1. The minimum absolute atomic E-state index is 0.0232. The zero-order valence-electron chi connectivity index (χ0n) is 7.99. The molecule has 0 saturated heterocycles. The van der Waals surface area contributed by atoms with Crippen molar-refractivity contribution in [3.05, 3.63) is 24.3 Å². The molecule has 1 aromatic carbocycles. The molecule has 0 aromatic heterocycles. The number of carbonyl (C=O) groups is 1. The summed E-state index contributed by atoms with van der Waals surface area (Å²) in [7, 11) is 0. The van der Waals surface area contributed by atoms with Crippen molar-refractivity contribution in [1.82, 2.24) is 0 Å². The van der Waals surface area contributed by atoms with Crippen LogP contribution in [-0.2, 0) is 4.79 Å². The van der Waals surface area contributed by atoms with Gasteiger partial charge in [0.05, 0.1) is 0 Å². The molecular weight excluding hydrogens is 198 g/mol. The summed E-state index contributed by atoms with van der Waals surface area (Å²) in [6, 6.07) is 6.53. The number of carbonyl (C=O) groups excluding carboxylic acids is 1. The Morgan fingerprint density at radius 2 is 2.36 bits per heavy atom. The predicted molar refractivity (Wildman–Crippen MR) is 59.7 cm³/mol. The van der Waals surface area contributed by atoms with Crippen LogP contribution in [0.4, 0.5) is 5.69 Å². The highest BCUT2D eigenvalue weighted by Crippen LogP contribution is 2.15. The van der Waals surface area contributed by atoms with Crippen molar-refractivity contribution >= 4 is 23.4 Å². The van der Waals surface area contributed by atoms with E-state index in [1.807, 2.05) is 6.26 Å². The number of thioether (sulfide) groups is 1. The predicted octanol–water partition coefficient (Wildman–Crippen LogP) is 2.08. The van der Waals surface area contributed by atoms with Gasteiger partial charge in [-0.1, -0.05) is 6.07 Å². The standard InChI is InChI=1S/C10H13NO2S/c1-14-6-5-10(13)11-8-3-2-4-9(12)7-8/h2-4,7,12H,5-6H2,1H3,(H,11,13). The normalized spacial score (nSPS) is 9.79. The van der Waals surface area contributed by atoms with Crippen molar-refractivity contribution in [2.24, 2.45) is 0 Å². The van der Waals surface area contributed by atoms with Crippen molar-refractivity contribution in [2.75, 3.05) is 17.3 Å². The van der Waals surface area contributed by atoms with Gasteiger partial charge in [-0.05, 0) is 18.4 Å². The molecule has 0 heterocycles. The molecule has 0 aliphatic carbocycles. The first-order valence-electron chi connectivity index (χ1n) is 4.30. The molecule has 0 spiro atoms. The summed E-state index contributed by atoms with van der Waals surface area (Å²) in [5, 5.41) is 11.9. The van der Waals surface area contributed by atoms with Gasteiger partial charge in [0.1, 0.15) is 5.75 Å². The minimum Gasteiger partial charge on any atom is -0.508 e. The molecule has 0 atom stereocenters. The smallest absolute Gasteiger partial charge is 0.225 e. The first-order chi connectivity index (χ1) is 6.72. The molecule has 14 heavy (non-hydrogen) atoms. The molecule has 0 radical (unpaired) electrons. The van der Waals surface area contributed by atoms with Crippen LogP contribution in [0.5, 0.6) is 5.75 Å². The van der Waals surface area contributed by atoms with Crippen molar-refractivity contribution in [3.8, 4) is 5.75 Å². The maximum absolute atomic E-state index is 11.3. The van der Waals surface area contributed by atoms with Crippen LogP contribution in [0, 0.1) is 0 Å². The van der Waals surface area contributed by atoms with E-state index in [0.29, 0.717) is 12.1 Å². The monoisotopic (exact) mass is 211 g/mol. The molecule has 0 aliphatic heterocycles. The van der Waals surface area contributed by atoms with E-state index in [-0.39, 0.29) is 11.7 Å². The molecule has 76 valence electrons. The van der Waals surface area contributed by atoms with Crippen molar-refractivity contribution < 1.29 is 9.90 Å². The van der Waals surface area contributed by atoms with Crippen LogP contribution < -0.4 is 5.32 Å². The molecule has 0 unspecified atom stereocenters. The van der Waals surface area contributed by atoms with Gasteiger partial charge in [-0.2, -0.15) is 11.8 Å². The van der Waals surface area contributed by atoms with Crippen molar-refractivity contribution in [1.29, 1.82) is 0 Å². The Bertz CT molecular complexity index is 315. The van der Waals surface area contributed by atoms with Crippen LogP contribution in [-0.4, -0.2) is 23.0 Å². The maximum Gasteiger partial charge on any atom is 0.225 e. The first kappa shape index (κ1) is 10.9. The molecule has 0 aliphatic rings. The summed E-state index contributed by atoms with van der Waals surface area (Å²) in [5.74, 6) is 0.947. The minimum atomic E-state index is -0.0232. The average Bonchev–Trinajstić information content (AvgIpc) is 2.15. The highest BCUT2D eigenvalue weighted by atomic mass is 32.2. The SMILES string of the molecule is CSCCC(=O)Nc1cccc(O)c1. The highest BCUT2D eigenvalue weighted by Gasteiger charge is 2.01. The van der Waals surface area contributed by atoms with E-state index in [0.717, 1.165) is 5.75 Å². The van der Waals surface area contributed by atoms with Gasteiger partial charge >= 0.3 is 0 Å². The number of phenols is 1. The first-order valence-corrected chi connectivity index (χ1v) is 5.69. The second-order valence-electron chi connectivity index (χ2n) is 2.84.